The molecule has 41 heavy (non-hydrogen) atoms. The van der Waals surface area contributed by atoms with Crippen molar-refractivity contribution in [3.63, 3.8) is 0 Å². The molecular weight excluding hydrogens is 538 g/mol. The predicted molar refractivity (Wildman–Crippen MR) is 160 cm³/mol. The fourth-order valence-electron chi connectivity index (χ4n) is 7.52. The van der Waals surface area contributed by atoms with E-state index in [4.69, 9.17) is 4.74 Å². The Labute approximate surface area is 243 Å². The molecule has 1 amide bonds. The van der Waals surface area contributed by atoms with Gasteiger partial charge in [0.2, 0.25) is 15.9 Å². The number of sulfonamides is 1. The highest BCUT2D eigenvalue weighted by molar-refractivity contribution is 7.89. The SMILES string of the molecule is COc1ccc(S(=O)(=O)N[C@H]2CC(C)(C)[C@@H]3C[C@@](C)(O)CC[C@]23CCC(=O)NCCc2c[nH]c3ccccc23)cc1. The van der Waals surface area contributed by atoms with Gasteiger partial charge in [-0.1, -0.05) is 32.0 Å². The van der Waals surface area contributed by atoms with Gasteiger partial charge in [-0.05, 0) is 98.1 Å². The number of amides is 1. The van der Waals surface area contributed by atoms with Crippen molar-refractivity contribution in [2.45, 2.75) is 82.3 Å². The van der Waals surface area contributed by atoms with E-state index >= 15 is 0 Å². The highest BCUT2D eigenvalue weighted by atomic mass is 32.2. The predicted octanol–water partition coefficient (Wildman–Crippen LogP) is 4.93. The van der Waals surface area contributed by atoms with Crippen LogP contribution in [0.3, 0.4) is 0 Å². The zero-order chi connectivity index (χ0) is 29.5. The van der Waals surface area contributed by atoms with Crippen molar-refractivity contribution in [2.24, 2.45) is 16.7 Å². The van der Waals surface area contributed by atoms with Crippen LogP contribution in [0.5, 0.6) is 5.75 Å². The quantitative estimate of drug-likeness (QED) is 0.271. The zero-order valence-electron chi connectivity index (χ0n) is 24.5. The number of benzene rings is 2. The van der Waals surface area contributed by atoms with E-state index in [0.717, 1.165) is 17.3 Å². The molecule has 1 aromatic heterocycles. The summed E-state index contributed by atoms with van der Waals surface area (Å²) in [6.07, 6.45) is 6.05. The molecule has 4 atom stereocenters. The van der Waals surface area contributed by atoms with Crippen molar-refractivity contribution < 1.29 is 23.1 Å². The second kappa shape index (κ2) is 11.1. The molecule has 0 bridgehead atoms. The van der Waals surface area contributed by atoms with E-state index in [-0.39, 0.29) is 28.2 Å². The van der Waals surface area contributed by atoms with Crippen molar-refractivity contribution in [1.29, 1.82) is 0 Å². The fraction of sp³-hybridized carbons (Fsp3) is 0.531. The molecule has 2 aromatic carbocycles. The monoisotopic (exact) mass is 581 g/mol. The van der Waals surface area contributed by atoms with Crippen LogP contribution in [0.1, 0.15) is 64.9 Å². The Kier molecular flexibility index (Phi) is 8.00. The lowest BCUT2D eigenvalue weighted by molar-refractivity contribution is -0.123. The number of carbonyl (C=O) groups excluding carboxylic acids is 1. The number of nitrogens with one attached hydrogen (secondary N) is 3. The first kappa shape index (κ1) is 29.6. The number of hydrogen-bond donors (Lipinski definition) is 4. The molecule has 9 heteroatoms. The van der Waals surface area contributed by atoms with Crippen molar-refractivity contribution in [3.8, 4) is 5.75 Å². The lowest BCUT2D eigenvalue weighted by Crippen LogP contribution is -2.52. The maximum absolute atomic E-state index is 13.5. The number of aromatic amines is 1. The number of fused-ring (bicyclic) bond motifs is 2. The van der Waals surface area contributed by atoms with E-state index in [1.54, 1.807) is 31.4 Å². The zero-order valence-corrected chi connectivity index (χ0v) is 25.3. The number of methoxy groups -OCH3 is 1. The van der Waals surface area contributed by atoms with Crippen LogP contribution in [0, 0.1) is 16.7 Å². The third-order valence-electron chi connectivity index (χ3n) is 9.71. The summed E-state index contributed by atoms with van der Waals surface area (Å²) in [5.74, 6) is 0.630. The molecule has 4 N–H and O–H groups in total. The van der Waals surface area contributed by atoms with Crippen LogP contribution in [0.2, 0.25) is 0 Å². The lowest BCUT2D eigenvalue weighted by Gasteiger charge is -2.50. The van der Waals surface area contributed by atoms with E-state index in [2.05, 4.69) is 34.9 Å². The van der Waals surface area contributed by atoms with Crippen LogP contribution in [0.25, 0.3) is 10.9 Å². The Balaban J connectivity index is 1.31. The van der Waals surface area contributed by atoms with E-state index in [1.807, 2.05) is 31.3 Å². The number of para-hydroxylation sites is 1. The second-order valence-electron chi connectivity index (χ2n) is 13.0. The summed E-state index contributed by atoms with van der Waals surface area (Å²) in [5.41, 5.74) is 0.804. The Morgan fingerprint density at radius 1 is 1.07 bits per heavy atom. The molecule has 2 aliphatic carbocycles. The van der Waals surface area contributed by atoms with Gasteiger partial charge in [0.1, 0.15) is 5.75 Å². The summed E-state index contributed by atoms with van der Waals surface area (Å²) in [5, 5.41) is 15.3. The topological polar surface area (TPSA) is 121 Å². The summed E-state index contributed by atoms with van der Waals surface area (Å²) in [6, 6.07) is 14.2. The van der Waals surface area contributed by atoms with Crippen LogP contribution in [0.4, 0.5) is 0 Å². The number of aliphatic hydroxyl groups is 1. The number of ether oxygens (including phenoxy) is 1. The number of hydrogen-bond acceptors (Lipinski definition) is 5. The minimum absolute atomic E-state index is 0.0308. The third-order valence-corrected chi connectivity index (χ3v) is 11.2. The molecular formula is C32H43N3O5S. The standard InChI is InChI=1S/C32H43N3O5S/c1-30(2)20-28(35-41(38,39)24-11-9-23(40-4)10-12-24)32(17-16-31(3,37)19-27(30)32)15-13-29(36)33-18-14-22-21-34-26-8-6-5-7-25(22)26/h5-12,21,27-28,34-35,37H,13-20H2,1-4H3,(H,33,36)/t27-,28-,31-,32-/m0/s1. The van der Waals surface area contributed by atoms with Crippen molar-refractivity contribution in [2.75, 3.05) is 13.7 Å². The van der Waals surface area contributed by atoms with Gasteiger partial charge in [0.05, 0.1) is 17.6 Å². The van der Waals surface area contributed by atoms with E-state index in [1.165, 1.54) is 5.56 Å². The van der Waals surface area contributed by atoms with Gasteiger partial charge < -0.3 is 20.1 Å². The van der Waals surface area contributed by atoms with Gasteiger partial charge in [0.15, 0.2) is 0 Å². The number of carbonyl (C=O) groups is 1. The summed E-state index contributed by atoms with van der Waals surface area (Å²) < 4.78 is 35.3. The molecule has 8 nitrogen and oxygen atoms in total. The largest absolute Gasteiger partial charge is 0.497 e. The maximum atomic E-state index is 13.5. The van der Waals surface area contributed by atoms with Crippen LogP contribution in [-0.4, -0.2) is 49.7 Å². The molecule has 0 aliphatic heterocycles. The van der Waals surface area contributed by atoms with Crippen LogP contribution in [0.15, 0.2) is 59.6 Å². The molecule has 2 aliphatic rings. The number of aromatic nitrogens is 1. The number of rotatable bonds is 10. The molecule has 2 fully saturated rings. The molecule has 0 spiro atoms. The molecule has 1 heterocycles. The van der Waals surface area contributed by atoms with E-state index in [9.17, 15) is 18.3 Å². The summed E-state index contributed by atoms with van der Waals surface area (Å²) in [4.78, 5) is 16.6. The molecule has 0 saturated heterocycles. The second-order valence-corrected chi connectivity index (χ2v) is 14.7. The normalized spacial score (nSPS) is 27.4. The van der Waals surface area contributed by atoms with Crippen molar-refractivity contribution in [3.05, 3.63) is 60.3 Å². The smallest absolute Gasteiger partial charge is 0.240 e. The van der Waals surface area contributed by atoms with Crippen LogP contribution in [-0.2, 0) is 21.2 Å². The highest BCUT2D eigenvalue weighted by Gasteiger charge is 2.62. The minimum atomic E-state index is -3.80. The molecule has 5 rings (SSSR count). The van der Waals surface area contributed by atoms with Crippen LogP contribution < -0.4 is 14.8 Å². The Morgan fingerprint density at radius 3 is 2.54 bits per heavy atom. The number of H-pyrrole nitrogens is 1. The van der Waals surface area contributed by atoms with E-state index < -0.39 is 21.0 Å². The Hall–Kier alpha value is -2.88. The molecule has 0 radical (unpaired) electrons. The first-order chi connectivity index (χ1) is 19.4. The molecule has 3 aromatic rings. The van der Waals surface area contributed by atoms with Gasteiger partial charge >= 0.3 is 0 Å². The average molecular weight is 582 g/mol. The first-order valence-corrected chi connectivity index (χ1v) is 16.0. The molecule has 0 unspecified atom stereocenters. The molecule has 2 saturated carbocycles. The minimum Gasteiger partial charge on any atom is -0.497 e. The highest BCUT2D eigenvalue weighted by Crippen LogP contribution is 2.64. The first-order valence-electron chi connectivity index (χ1n) is 14.6. The van der Waals surface area contributed by atoms with Gasteiger partial charge in [0, 0.05) is 36.1 Å². The van der Waals surface area contributed by atoms with Crippen molar-refractivity contribution >= 4 is 26.8 Å². The lowest BCUT2D eigenvalue weighted by atomic mass is 9.57. The van der Waals surface area contributed by atoms with Gasteiger partial charge in [0.25, 0.3) is 0 Å². The fourth-order valence-corrected chi connectivity index (χ4v) is 8.84. The van der Waals surface area contributed by atoms with Gasteiger partial charge in [-0.2, -0.15) is 0 Å². The van der Waals surface area contributed by atoms with Gasteiger partial charge in [-0.3, -0.25) is 4.79 Å². The van der Waals surface area contributed by atoms with Crippen molar-refractivity contribution in [1.82, 2.24) is 15.0 Å². The average Bonchev–Trinajstić information content (AvgIpc) is 3.43. The Bertz CT molecular complexity index is 1500. The Morgan fingerprint density at radius 2 is 1.80 bits per heavy atom. The summed E-state index contributed by atoms with van der Waals surface area (Å²) >= 11 is 0. The third kappa shape index (κ3) is 6.03. The van der Waals surface area contributed by atoms with Crippen LogP contribution >= 0.6 is 0 Å². The van der Waals surface area contributed by atoms with Gasteiger partial charge in [-0.15, -0.1) is 0 Å². The summed E-state index contributed by atoms with van der Waals surface area (Å²) in [6.45, 7) is 6.73. The van der Waals surface area contributed by atoms with E-state index in [0.29, 0.717) is 50.8 Å². The summed E-state index contributed by atoms with van der Waals surface area (Å²) in [7, 11) is -2.26. The molecule has 222 valence electrons. The maximum Gasteiger partial charge on any atom is 0.240 e. The van der Waals surface area contributed by atoms with Gasteiger partial charge in [-0.25, -0.2) is 13.1 Å².